The lowest BCUT2D eigenvalue weighted by atomic mass is 10.3. The summed E-state index contributed by atoms with van der Waals surface area (Å²) in [6.07, 6.45) is 4.47. The number of aromatic nitrogens is 3. The van der Waals surface area contributed by atoms with Gasteiger partial charge in [0, 0.05) is 38.5 Å². The van der Waals surface area contributed by atoms with Crippen LogP contribution in [0.4, 0.5) is 5.82 Å². The van der Waals surface area contributed by atoms with Gasteiger partial charge in [-0.2, -0.15) is 0 Å². The Morgan fingerprint density at radius 3 is 2.83 bits per heavy atom. The molecule has 0 aliphatic heterocycles. The smallest absolute Gasteiger partial charge is 0.133 e. The predicted octanol–water partition coefficient (Wildman–Crippen LogP) is 2.83. The van der Waals surface area contributed by atoms with Gasteiger partial charge < -0.3 is 4.90 Å². The van der Waals surface area contributed by atoms with Gasteiger partial charge in [0.1, 0.15) is 16.2 Å². The molecule has 0 radical (unpaired) electrons. The second-order valence-corrected chi connectivity index (χ2v) is 4.85. The molecule has 0 fully saturated rings. The van der Waals surface area contributed by atoms with E-state index in [0.29, 0.717) is 0 Å². The van der Waals surface area contributed by atoms with Crippen molar-refractivity contribution in [3.63, 3.8) is 0 Å². The molecule has 0 bridgehead atoms. The summed E-state index contributed by atoms with van der Waals surface area (Å²) in [5.74, 6) is 1.76. The van der Waals surface area contributed by atoms with Crippen molar-refractivity contribution in [1.29, 1.82) is 0 Å². The maximum Gasteiger partial charge on any atom is 0.133 e. The van der Waals surface area contributed by atoms with Crippen molar-refractivity contribution in [3.05, 3.63) is 46.6 Å². The molecule has 18 heavy (non-hydrogen) atoms. The molecule has 2 aromatic rings. The second-order valence-electron chi connectivity index (χ2n) is 4.04. The van der Waals surface area contributed by atoms with Crippen molar-refractivity contribution in [2.45, 2.75) is 19.9 Å². The Morgan fingerprint density at radius 2 is 2.17 bits per heavy atom. The quantitative estimate of drug-likeness (QED) is 0.815. The minimum absolute atomic E-state index is 0.778. The summed E-state index contributed by atoms with van der Waals surface area (Å²) in [5, 5.41) is 0. The van der Waals surface area contributed by atoms with Crippen LogP contribution in [0.1, 0.15) is 18.3 Å². The normalized spacial score (nSPS) is 10.4. The molecule has 0 aliphatic carbocycles. The molecule has 0 saturated carbocycles. The molecule has 0 aliphatic rings. The van der Waals surface area contributed by atoms with Crippen LogP contribution in [0.15, 0.2) is 35.2 Å². The first-order valence-electron chi connectivity index (χ1n) is 5.82. The molecule has 0 amide bonds. The van der Waals surface area contributed by atoms with E-state index in [1.165, 1.54) is 0 Å². The third-order valence-electron chi connectivity index (χ3n) is 2.58. The van der Waals surface area contributed by atoms with Crippen LogP contribution >= 0.6 is 15.9 Å². The van der Waals surface area contributed by atoms with Gasteiger partial charge in [-0.25, -0.2) is 9.97 Å². The zero-order valence-electron chi connectivity index (χ0n) is 10.5. The Morgan fingerprint density at radius 1 is 1.33 bits per heavy atom. The molecule has 0 saturated heterocycles. The van der Waals surface area contributed by atoms with Crippen LogP contribution in [0.25, 0.3) is 0 Å². The molecule has 94 valence electrons. The van der Waals surface area contributed by atoms with E-state index in [4.69, 9.17) is 0 Å². The molecule has 0 spiro atoms. The lowest BCUT2D eigenvalue weighted by Crippen LogP contribution is -2.18. The van der Waals surface area contributed by atoms with Crippen LogP contribution in [-0.2, 0) is 13.0 Å². The molecule has 0 N–H and O–H groups in total. The van der Waals surface area contributed by atoms with Gasteiger partial charge in [-0.1, -0.05) is 13.0 Å². The maximum atomic E-state index is 4.51. The Kier molecular flexibility index (Phi) is 4.25. The molecule has 4 nitrogen and oxygen atoms in total. The molecular formula is C13H15BrN4. The van der Waals surface area contributed by atoms with E-state index in [1.807, 2.05) is 32.3 Å². The van der Waals surface area contributed by atoms with Crippen molar-refractivity contribution in [3.8, 4) is 0 Å². The third kappa shape index (κ3) is 3.26. The number of rotatable bonds is 4. The van der Waals surface area contributed by atoms with Gasteiger partial charge in [-0.3, -0.25) is 4.98 Å². The molecule has 2 rings (SSSR count). The van der Waals surface area contributed by atoms with Crippen molar-refractivity contribution >= 4 is 21.7 Å². The number of hydrogen-bond acceptors (Lipinski definition) is 4. The molecule has 0 atom stereocenters. The van der Waals surface area contributed by atoms with Crippen molar-refractivity contribution in [2.24, 2.45) is 0 Å². The fraction of sp³-hybridized carbons (Fsp3) is 0.308. The van der Waals surface area contributed by atoms with Crippen LogP contribution in [0.2, 0.25) is 0 Å². The van der Waals surface area contributed by atoms with Crippen molar-refractivity contribution < 1.29 is 0 Å². The third-order valence-corrected chi connectivity index (χ3v) is 2.98. The second kappa shape index (κ2) is 5.91. The first-order chi connectivity index (χ1) is 8.69. The van der Waals surface area contributed by atoms with E-state index in [2.05, 4.69) is 41.8 Å². The Labute approximate surface area is 115 Å². The van der Waals surface area contributed by atoms with Gasteiger partial charge in [-0.15, -0.1) is 0 Å². The molecule has 0 unspecified atom stereocenters. The number of nitrogens with zero attached hydrogens (tertiary/aromatic N) is 4. The van der Waals surface area contributed by atoms with E-state index in [1.54, 1.807) is 6.20 Å². The van der Waals surface area contributed by atoms with E-state index in [0.717, 1.165) is 34.8 Å². The minimum Gasteiger partial charge on any atom is -0.355 e. The summed E-state index contributed by atoms with van der Waals surface area (Å²) < 4.78 is 0.822. The first kappa shape index (κ1) is 13.0. The SMILES string of the molecule is CCc1nc(Br)cc(N(C)Cc2cccnc2)n1. The summed E-state index contributed by atoms with van der Waals surface area (Å²) in [4.78, 5) is 15.0. The van der Waals surface area contributed by atoms with E-state index >= 15 is 0 Å². The summed E-state index contributed by atoms with van der Waals surface area (Å²) >= 11 is 3.42. The summed E-state index contributed by atoms with van der Waals surface area (Å²) in [6.45, 7) is 2.83. The van der Waals surface area contributed by atoms with Crippen LogP contribution in [-0.4, -0.2) is 22.0 Å². The van der Waals surface area contributed by atoms with Crippen LogP contribution in [0, 0.1) is 0 Å². The van der Waals surface area contributed by atoms with Gasteiger partial charge in [-0.05, 0) is 27.6 Å². The van der Waals surface area contributed by atoms with Crippen molar-refractivity contribution in [2.75, 3.05) is 11.9 Å². The first-order valence-corrected chi connectivity index (χ1v) is 6.62. The van der Waals surface area contributed by atoms with E-state index in [9.17, 15) is 0 Å². The van der Waals surface area contributed by atoms with E-state index < -0.39 is 0 Å². The highest BCUT2D eigenvalue weighted by molar-refractivity contribution is 9.10. The highest BCUT2D eigenvalue weighted by Crippen LogP contribution is 2.17. The van der Waals surface area contributed by atoms with Crippen molar-refractivity contribution in [1.82, 2.24) is 15.0 Å². The van der Waals surface area contributed by atoms with Gasteiger partial charge in [0.15, 0.2) is 0 Å². The standard InChI is InChI=1S/C13H15BrN4/c1-3-12-16-11(14)7-13(17-12)18(2)9-10-5-4-6-15-8-10/h4-8H,3,9H2,1-2H3. The van der Waals surface area contributed by atoms with Crippen LogP contribution in [0.3, 0.4) is 0 Å². The fourth-order valence-electron chi connectivity index (χ4n) is 1.65. The zero-order valence-corrected chi connectivity index (χ0v) is 12.1. The Bertz CT molecular complexity index is 516. The molecule has 5 heteroatoms. The molecule has 2 heterocycles. The van der Waals surface area contributed by atoms with Gasteiger partial charge in [0.2, 0.25) is 0 Å². The van der Waals surface area contributed by atoms with Crippen LogP contribution < -0.4 is 4.90 Å². The van der Waals surface area contributed by atoms with Crippen LogP contribution in [0.5, 0.6) is 0 Å². The van der Waals surface area contributed by atoms with Gasteiger partial charge >= 0.3 is 0 Å². The van der Waals surface area contributed by atoms with Gasteiger partial charge in [0.05, 0.1) is 0 Å². The number of aryl methyl sites for hydroxylation is 1. The van der Waals surface area contributed by atoms with E-state index in [-0.39, 0.29) is 0 Å². The maximum absolute atomic E-state index is 4.51. The van der Waals surface area contributed by atoms with Gasteiger partial charge in [0.25, 0.3) is 0 Å². The number of halogens is 1. The number of pyridine rings is 1. The monoisotopic (exact) mass is 306 g/mol. The molecular weight excluding hydrogens is 292 g/mol. The average molecular weight is 307 g/mol. The highest BCUT2D eigenvalue weighted by Gasteiger charge is 2.07. The average Bonchev–Trinajstić information content (AvgIpc) is 2.39. The fourth-order valence-corrected chi connectivity index (χ4v) is 2.06. The number of hydrogen-bond donors (Lipinski definition) is 0. The Balaban J connectivity index is 2.18. The highest BCUT2D eigenvalue weighted by atomic mass is 79.9. The topological polar surface area (TPSA) is 41.9 Å². The summed E-state index contributed by atoms with van der Waals surface area (Å²) in [6, 6.07) is 5.92. The largest absolute Gasteiger partial charge is 0.355 e. The lowest BCUT2D eigenvalue weighted by Gasteiger charge is -2.18. The summed E-state index contributed by atoms with van der Waals surface area (Å²) in [5.41, 5.74) is 1.16. The Hall–Kier alpha value is -1.49. The predicted molar refractivity (Wildman–Crippen MR) is 75.5 cm³/mol. The molecule has 2 aromatic heterocycles. The summed E-state index contributed by atoms with van der Waals surface area (Å²) in [7, 11) is 2.02. The zero-order chi connectivity index (χ0) is 13.0. The number of anilines is 1. The minimum atomic E-state index is 0.778. The lowest BCUT2D eigenvalue weighted by molar-refractivity contribution is 0.850. The molecule has 0 aromatic carbocycles.